The van der Waals surface area contributed by atoms with E-state index in [1.807, 2.05) is 20.8 Å². The number of rotatable bonds is 9. The molecule has 0 aliphatic heterocycles. The number of carboxylic acid groups (broad SMARTS) is 1. The number of nitrogens with one attached hydrogen (secondary N) is 2. The highest BCUT2D eigenvalue weighted by molar-refractivity contribution is 5.98. The van der Waals surface area contributed by atoms with Crippen LogP contribution in [-0.4, -0.2) is 48.2 Å². The Bertz CT molecular complexity index is 973. The third kappa shape index (κ3) is 6.28. The second-order valence-electron chi connectivity index (χ2n) is 10.8. The average Bonchev–Trinajstić information content (AvgIpc) is 3.29. The van der Waals surface area contributed by atoms with Crippen molar-refractivity contribution in [2.45, 2.75) is 90.8 Å². The van der Waals surface area contributed by atoms with Gasteiger partial charge in [0.2, 0.25) is 5.91 Å². The lowest BCUT2D eigenvalue weighted by Gasteiger charge is -2.34. The summed E-state index contributed by atoms with van der Waals surface area (Å²) >= 11 is 0. The van der Waals surface area contributed by atoms with Crippen LogP contribution in [0.15, 0.2) is 12.1 Å². The van der Waals surface area contributed by atoms with Crippen molar-refractivity contribution in [2.24, 2.45) is 17.3 Å². The van der Waals surface area contributed by atoms with Crippen LogP contribution in [0.2, 0.25) is 0 Å². The summed E-state index contributed by atoms with van der Waals surface area (Å²) in [5.74, 6) is -2.05. The first-order chi connectivity index (χ1) is 16.9. The average molecular weight is 507 g/mol. The standard InChI is InChI=1S/C27H39FN2O6/c1-15(2)16(3)29-24(31)18-7-6-8-21(18)30-25(32)19-13-23(20(28)14-22(19)35-5)36-17-9-11-27(4,12-10-17)26(33)34/h13-18,21H,6-12H2,1-5H3,(H,29,31)(H,30,32)(H,33,34). The van der Waals surface area contributed by atoms with Gasteiger partial charge < -0.3 is 25.2 Å². The van der Waals surface area contributed by atoms with Crippen molar-refractivity contribution >= 4 is 17.8 Å². The van der Waals surface area contributed by atoms with Crippen LogP contribution < -0.4 is 20.1 Å². The minimum atomic E-state index is -0.840. The Morgan fingerprint density at radius 1 is 1.08 bits per heavy atom. The van der Waals surface area contributed by atoms with Gasteiger partial charge in [0.15, 0.2) is 11.6 Å². The zero-order valence-electron chi connectivity index (χ0n) is 21.9. The Labute approximate surface area is 212 Å². The van der Waals surface area contributed by atoms with E-state index in [0.717, 1.165) is 12.5 Å². The molecule has 2 fully saturated rings. The number of benzene rings is 1. The van der Waals surface area contributed by atoms with Crippen molar-refractivity contribution in [1.29, 1.82) is 0 Å². The van der Waals surface area contributed by atoms with Crippen molar-refractivity contribution in [3.8, 4) is 11.5 Å². The van der Waals surface area contributed by atoms with Crippen molar-refractivity contribution in [3.05, 3.63) is 23.5 Å². The van der Waals surface area contributed by atoms with E-state index in [1.54, 1.807) is 6.92 Å². The molecule has 1 aromatic carbocycles. The van der Waals surface area contributed by atoms with Crippen LogP contribution in [0.5, 0.6) is 11.5 Å². The van der Waals surface area contributed by atoms with E-state index in [1.165, 1.54) is 13.2 Å². The maximum atomic E-state index is 14.8. The monoisotopic (exact) mass is 506 g/mol. The molecule has 0 saturated heterocycles. The predicted molar refractivity (Wildman–Crippen MR) is 133 cm³/mol. The first-order valence-corrected chi connectivity index (χ1v) is 12.8. The van der Waals surface area contributed by atoms with Gasteiger partial charge in [-0.3, -0.25) is 14.4 Å². The summed E-state index contributed by atoms with van der Waals surface area (Å²) in [7, 11) is 1.36. The van der Waals surface area contributed by atoms with Crippen molar-refractivity contribution in [1.82, 2.24) is 10.6 Å². The van der Waals surface area contributed by atoms with Gasteiger partial charge in [0.05, 0.1) is 30.1 Å². The lowest BCUT2D eigenvalue weighted by molar-refractivity contribution is -0.150. The summed E-state index contributed by atoms with van der Waals surface area (Å²) in [6, 6.07) is 2.15. The number of carboxylic acids is 1. The Morgan fingerprint density at radius 2 is 1.75 bits per heavy atom. The van der Waals surface area contributed by atoms with Gasteiger partial charge >= 0.3 is 5.97 Å². The van der Waals surface area contributed by atoms with E-state index in [-0.39, 0.29) is 47.1 Å². The van der Waals surface area contributed by atoms with Gasteiger partial charge in [-0.1, -0.05) is 20.3 Å². The molecule has 9 heteroatoms. The van der Waals surface area contributed by atoms with Gasteiger partial charge in [-0.2, -0.15) is 0 Å². The highest BCUT2D eigenvalue weighted by atomic mass is 19.1. The minimum absolute atomic E-state index is 0.0273. The molecule has 0 radical (unpaired) electrons. The van der Waals surface area contributed by atoms with Gasteiger partial charge in [0, 0.05) is 18.2 Å². The number of carbonyl (C=O) groups is 3. The molecule has 2 saturated carbocycles. The molecular formula is C27H39FN2O6. The van der Waals surface area contributed by atoms with Crippen LogP contribution in [-0.2, 0) is 9.59 Å². The molecule has 0 heterocycles. The first-order valence-electron chi connectivity index (χ1n) is 12.8. The molecule has 36 heavy (non-hydrogen) atoms. The Kier molecular flexibility index (Phi) is 8.84. The van der Waals surface area contributed by atoms with E-state index in [9.17, 15) is 23.9 Å². The van der Waals surface area contributed by atoms with Crippen molar-refractivity contribution in [2.75, 3.05) is 7.11 Å². The van der Waals surface area contributed by atoms with E-state index in [2.05, 4.69) is 10.6 Å². The molecule has 0 bridgehead atoms. The second kappa shape index (κ2) is 11.5. The number of aliphatic carboxylic acids is 1. The Morgan fingerprint density at radius 3 is 2.33 bits per heavy atom. The first kappa shape index (κ1) is 27.7. The normalized spacial score (nSPS) is 26.8. The fourth-order valence-corrected chi connectivity index (χ4v) is 4.90. The third-order valence-corrected chi connectivity index (χ3v) is 7.88. The summed E-state index contributed by atoms with van der Waals surface area (Å²) in [5.41, 5.74) is -0.679. The summed E-state index contributed by atoms with van der Waals surface area (Å²) in [5, 5.41) is 15.4. The minimum Gasteiger partial charge on any atom is -0.496 e. The number of carbonyl (C=O) groups excluding carboxylic acids is 2. The van der Waals surface area contributed by atoms with Crippen LogP contribution in [0.1, 0.15) is 83.0 Å². The van der Waals surface area contributed by atoms with E-state index >= 15 is 0 Å². The molecule has 3 N–H and O–H groups in total. The topological polar surface area (TPSA) is 114 Å². The quantitative estimate of drug-likeness (QED) is 0.460. The van der Waals surface area contributed by atoms with Crippen LogP contribution in [0.4, 0.5) is 4.39 Å². The van der Waals surface area contributed by atoms with Gasteiger partial charge in [-0.15, -0.1) is 0 Å². The van der Waals surface area contributed by atoms with Crippen molar-refractivity contribution < 1.29 is 33.4 Å². The number of methoxy groups -OCH3 is 1. The molecule has 2 aliphatic carbocycles. The maximum Gasteiger partial charge on any atom is 0.309 e. The molecule has 3 atom stereocenters. The molecule has 0 aromatic heterocycles. The van der Waals surface area contributed by atoms with E-state index in [0.29, 0.717) is 44.4 Å². The molecule has 2 aliphatic rings. The number of halogens is 1. The van der Waals surface area contributed by atoms with Crippen molar-refractivity contribution in [3.63, 3.8) is 0 Å². The zero-order valence-corrected chi connectivity index (χ0v) is 21.9. The highest BCUT2D eigenvalue weighted by Crippen LogP contribution is 2.38. The van der Waals surface area contributed by atoms with Crippen LogP contribution in [0, 0.1) is 23.1 Å². The second-order valence-corrected chi connectivity index (χ2v) is 10.8. The van der Waals surface area contributed by atoms with E-state index < -0.39 is 23.1 Å². The molecule has 3 rings (SSSR count). The summed E-state index contributed by atoms with van der Waals surface area (Å²) in [6.45, 7) is 7.75. The fraction of sp³-hybridized carbons (Fsp3) is 0.667. The third-order valence-electron chi connectivity index (χ3n) is 7.88. The highest BCUT2D eigenvalue weighted by Gasteiger charge is 2.39. The van der Waals surface area contributed by atoms with Gasteiger partial charge in [0.1, 0.15) is 5.75 Å². The Balaban J connectivity index is 1.71. The maximum absolute atomic E-state index is 14.8. The summed E-state index contributed by atoms with van der Waals surface area (Å²) in [4.78, 5) is 37.5. The van der Waals surface area contributed by atoms with Gasteiger partial charge in [-0.05, 0) is 64.4 Å². The van der Waals surface area contributed by atoms with Gasteiger partial charge in [0.25, 0.3) is 5.91 Å². The van der Waals surface area contributed by atoms with E-state index in [4.69, 9.17) is 9.47 Å². The number of ether oxygens (including phenoxy) is 2. The summed E-state index contributed by atoms with van der Waals surface area (Å²) < 4.78 is 25.9. The molecule has 0 spiro atoms. The smallest absolute Gasteiger partial charge is 0.309 e. The molecule has 3 unspecified atom stereocenters. The predicted octanol–water partition coefficient (Wildman–Crippen LogP) is 4.31. The molecule has 200 valence electrons. The molecule has 1 aromatic rings. The Hall–Kier alpha value is -2.84. The molecule has 2 amide bonds. The van der Waals surface area contributed by atoms with Gasteiger partial charge in [-0.25, -0.2) is 4.39 Å². The lowest BCUT2D eigenvalue weighted by atomic mass is 9.75. The number of hydrogen-bond acceptors (Lipinski definition) is 5. The lowest BCUT2D eigenvalue weighted by Crippen LogP contribution is -2.47. The molecular weight excluding hydrogens is 467 g/mol. The molecule has 8 nitrogen and oxygen atoms in total. The fourth-order valence-electron chi connectivity index (χ4n) is 4.90. The number of hydrogen-bond donors (Lipinski definition) is 3. The summed E-state index contributed by atoms with van der Waals surface area (Å²) in [6.07, 6.45) is 3.65. The number of amides is 2. The SMILES string of the molecule is COc1cc(F)c(OC2CCC(C)(C(=O)O)CC2)cc1C(=O)NC1CCCC1C(=O)NC(C)C(C)C. The van der Waals surface area contributed by atoms with Crippen LogP contribution in [0.3, 0.4) is 0 Å². The van der Waals surface area contributed by atoms with Crippen LogP contribution in [0.25, 0.3) is 0 Å². The van der Waals surface area contributed by atoms with Crippen LogP contribution >= 0.6 is 0 Å². The zero-order chi connectivity index (χ0) is 26.6. The largest absolute Gasteiger partial charge is 0.496 e.